The van der Waals surface area contributed by atoms with E-state index >= 15 is 0 Å². The molecule has 0 unspecified atom stereocenters. The normalized spacial score (nSPS) is 19.0. The van der Waals surface area contributed by atoms with E-state index in [-0.39, 0.29) is 48.0 Å². The van der Waals surface area contributed by atoms with Crippen molar-refractivity contribution in [3.8, 4) is 11.3 Å². The van der Waals surface area contributed by atoms with Crippen LogP contribution in [0.1, 0.15) is 74.1 Å². The Morgan fingerprint density at radius 1 is 1.14 bits per heavy atom. The fraction of sp³-hybridized carbons (Fsp3) is 0.419. The van der Waals surface area contributed by atoms with Crippen LogP contribution in [0.4, 0.5) is 13.6 Å². The smallest absolute Gasteiger partial charge is 0.410 e. The first-order chi connectivity index (χ1) is 19.7. The van der Waals surface area contributed by atoms with Crippen LogP contribution in [0.15, 0.2) is 47.0 Å². The lowest BCUT2D eigenvalue weighted by molar-refractivity contribution is -0.118. The molecule has 0 spiro atoms. The Labute approximate surface area is 242 Å². The van der Waals surface area contributed by atoms with E-state index in [4.69, 9.17) is 9.26 Å². The second-order valence-corrected chi connectivity index (χ2v) is 11.5. The average molecular weight is 584 g/mol. The van der Waals surface area contributed by atoms with Crippen LogP contribution in [-0.2, 0) is 21.6 Å². The predicted octanol–water partition coefficient (Wildman–Crippen LogP) is 5.11. The number of aliphatic hydroxyl groups is 1. The minimum absolute atomic E-state index is 0.0486. The molecule has 1 aromatic heterocycles. The first-order valence-electron chi connectivity index (χ1n) is 13.7. The Morgan fingerprint density at radius 2 is 1.86 bits per heavy atom. The van der Waals surface area contributed by atoms with Gasteiger partial charge < -0.3 is 24.6 Å². The van der Waals surface area contributed by atoms with Crippen molar-refractivity contribution in [2.24, 2.45) is 0 Å². The highest BCUT2D eigenvalue weighted by molar-refractivity contribution is 6.01. The lowest BCUT2D eigenvalue weighted by Crippen LogP contribution is -2.52. The zero-order chi connectivity index (χ0) is 30.8. The van der Waals surface area contributed by atoms with Crippen LogP contribution in [0, 0.1) is 11.6 Å². The number of nitrogens with zero attached hydrogens (tertiary/aromatic N) is 2. The summed E-state index contributed by atoms with van der Waals surface area (Å²) in [6.45, 7) is 8.20. The van der Waals surface area contributed by atoms with Crippen molar-refractivity contribution in [1.82, 2.24) is 15.4 Å². The van der Waals surface area contributed by atoms with Crippen molar-refractivity contribution in [2.75, 3.05) is 19.6 Å². The van der Waals surface area contributed by atoms with Gasteiger partial charge in [-0.25, -0.2) is 13.6 Å². The molecule has 2 heterocycles. The van der Waals surface area contributed by atoms with Crippen molar-refractivity contribution in [2.45, 2.75) is 64.6 Å². The molecule has 11 heteroatoms. The fourth-order valence-corrected chi connectivity index (χ4v) is 5.26. The number of ether oxygens (including phenoxy) is 1. The molecule has 2 atom stereocenters. The third-order valence-corrected chi connectivity index (χ3v) is 7.24. The number of carbonyl (C=O) groups excluding carboxylic acids is 3. The monoisotopic (exact) mass is 583 g/mol. The number of aromatic nitrogens is 1. The topological polar surface area (TPSA) is 122 Å². The van der Waals surface area contributed by atoms with Gasteiger partial charge in [0.05, 0.1) is 11.5 Å². The Kier molecular flexibility index (Phi) is 8.81. The summed E-state index contributed by atoms with van der Waals surface area (Å²) < 4.78 is 39.5. The van der Waals surface area contributed by atoms with Crippen LogP contribution in [0.2, 0.25) is 0 Å². The molecule has 2 aromatic carbocycles. The second-order valence-electron chi connectivity index (χ2n) is 11.5. The SMILES string of the molecule is CC(=O)NCCc1ccccc1-c1onc([C@H]2CN(C(=O)OC(C)(C)C)CC[C@]2(O)c2ccc(F)c(F)c2)c1C(C)=O. The molecule has 0 radical (unpaired) electrons. The van der Waals surface area contributed by atoms with Gasteiger partial charge in [-0.15, -0.1) is 0 Å². The molecule has 1 aliphatic rings. The molecule has 0 saturated carbocycles. The Morgan fingerprint density at radius 3 is 2.50 bits per heavy atom. The van der Waals surface area contributed by atoms with E-state index in [9.17, 15) is 28.3 Å². The van der Waals surface area contributed by atoms with Crippen LogP contribution in [0.5, 0.6) is 0 Å². The summed E-state index contributed by atoms with van der Waals surface area (Å²) in [4.78, 5) is 39.0. The largest absolute Gasteiger partial charge is 0.444 e. The highest BCUT2D eigenvalue weighted by Gasteiger charge is 2.49. The summed E-state index contributed by atoms with van der Waals surface area (Å²) >= 11 is 0. The van der Waals surface area contributed by atoms with Crippen molar-refractivity contribution in [3.05, 3.63) is 76.5 Å². The van der Waals surface area contributed by atoms with Gasteiger partial charge in [-0.2, -0.15) is 0 Å². The summed E-state index contributed by atoms with van der Waals surface area (Å²) in [5.74, 6) is -3.70. The van der Waals surface area contributed by atoms with Crippen LogP contribution >= 0.6 is 0 Å². The van der Waals surface area contributed by atoms with E-state index in [0.29, 0.717) is 18.5 Å². The number of rotatable bonds is 7. The first-order valence-corrected chi connectivity index (χ1v) is 13.7. The number of Topliss-reactive ketones (excluding diaryl/α,β-unsaturated/α-hetero) is 1. The molecule has 1 fully saturated rings. The Bertz CT molecular complexity index is 1500. The highest BCUT2D eigenvalue weighted by atomic mass is 19.2. The minimum Gasteiger partial charge on any atom is -0.444 e. The van der Waals surface area contributed by atoms with Crippen LogP contribution in [0.25, 0.3) is 11.3 Å². The second kappa shape index (κ2) is 12.0. The highest BCUT2D eigenvalue weighted by Crippen LogP contribution is 2.46. The molecule has 2 amide bonds. The quantitative estimate of drug-likeness (QED) is 0.371. The summed E-state index contributed by atoms with van der Waals surface area (Å²) in [6.07, 6.45) is -0.261. The maximum atomic E-state index is 14.4. The lowest BCUT2D eigenvalue weighted by atomic mass is 9.73. The van der Waals surface area contributed by atoms with Crippen LogP contribution in [-0.4, -0.2) is 58.2 Å². The van der Waals surface area contributed by atoms with E-state index in [1.165, 1.54) is 24.8 Å². The van der Waals surface area contributed by atoms with Gasteiger partial charge in [0.25, 0.3) is 0 Å². The number of halogens is 2. The molecule has 42 heavy (non-hydrogen) atoms. The first kappa shape index (κ1) is 30.8. The third-order valence-electron chi connectivity index (χ3n) is 7.24. The molecular formula is C31H35F2N3O6. The molecular weight excluding hydrogens is 548 g/mol. The molecule has 4 rings (SSSR count). The van der Waals surface area contributed by atoms with Crippen LogP contribution < -0.4 is 5.32 Å². The standard InChI is InChI=1S/C31H35F2N3O6/c1-18(37)26-27(35-42-28(26)22-9-7-6-8-20(22)12-14-34-19(2)38)23-17-36(29(39)41-30(3,4)5)15-13-31(23,40)21-10-11-24(32)25(33)16-21/h6-11,16,23,40H,12-15,17H2,1-5H3,(H,34,38)/t23-,31+/m1/s1. The molecule has 1 saturated heterocycles. The average Bonchev–Trinajstić information content (AvgIpc) is 3.34. The number of nitrogens with one attached hydrogen (secondary N) is 1. The number of likely N-dealkylation sites (tertiary alicyclic amines) is 1. The van der Waals surface area contributed by atoms with Gasteiger partial charge >= 0.3 is 6.09 Å². The van der Waals surface area contributed by atoms with E-state index < -0.39 is 40.6 Å². The predicted molar refractivity (Wildman–Crippen MR) is 150 cm³/mol. The Hall–Kier alpha value is -4.12. The maximum absolute atomic E-state index is 14.4. The summed E-state index contributed by atoms with van der Waals surface area (Å²) in [7, 11) is 0. The number of amides is 2. The molecule has 9 nitrogen and oxygen atoms in total. The van der Waals surface area contributed by atoms with Crippen molar-refractivity contribution in [3.63, 3.8) is 0 Å². The summed E-state index contributed by atoms with van der Waals surface area (Å²) in [5.41, 5.74) is -1.02. The van der Waals surface area contributed by atoms with Gasteiger partial charge in [0.15, 0.2) is 23.2 Å². The van der Waals surface area contributed by atoms with Gasteiger partial charge in [-0.1, -0.05) is 35.5 Å². The summed E-state index contributed by atoms with van der Waals surface area (Å²) in [6, 6.07) is 10.3. The van der Waals surface area contributed by atoms with E-state index in [0.717, 1.165) is 17.7 Å². The van der Waals surface area contributed by atoms with E-state index in [1.807, 2.05) is 12.1 Å². The number of carbonyl (C=O) groups is 3. The molecule has 1 aliphatic heterocycles. The van der Waals surface area contributed by atoms with Crippen molar-refractivity contribution in [1.29, 1.82) is 0 Å². The van der Waals surface area contributed by atoms with Crippen LogP contribution in [0.3, 0.4) is 0 Å². The summed E-state index contributed by atoms with van der Waals surface area (Å²) in [5, 5.41) is 19.1. The van der Waals surface area contributed by atoms with Crippen molar-refractivity contribution < 1.29 is 37.5 Å². The number of hydrogen-bond acceptors (Lipinski definition) is 7. The van der Waals surface area contributed by atoms with E-state index in [1.54, 1.807) is 32.9 Å². The zero-order valence-electron chi connectivity index (χ0n) is 24.3. The molecule has 3 aromatic rings. The van der Waals surface area contributed by atoms with Gasteiger partial charge in [-0.05, 0) is 63.8 Å². The molecule has 224 valence electrons. The zero-order valence-corrected chi connectivity index (χ0v) is 24.3. The number of ketones is 1. The number of hydrogen-bond donors (Lipinski definition) is 2. The molecule has 2 N–H and O–H groups in total. The maximum Gasteiger partial charge on any atom is 0.410 e. The van der Waals surface area contributed by atoms with Gasteiger partial charge in [0, 0.05) is 32.1 Å². The molecule has 0 aliphatic carbocycles. The van der Waals surface area contributed by atoms with Crippen molar-refractivity contribution >= 4 is 17.8 Å². The minimum atomic E-state index is -1.84. The van der Waals surface area contributed by atoms with Gasteiger partial charge in [0.2, 0.25) is 5.91 Å². The molecule has 0 bridgehead atoms. The van der Waals surface area contributed by atoms with E-state index in [2.05, 4.69) is 10.5 Å². The van der Waals surface area contributed by atoms with Gasteiger partial charge in [0.1, 0.15) is 16.9 Å². The lowest BCUT2D eigenvalue weighted by Gasteiger charge is -2.44. The number of benzene rings is 2. The Balaban J connectivity index is 1.83. The third kappa shape index (κ3) is 6.51. The number of piperidine rings is 1. The fourth-order valence-electron chi connectivity index (χ4n) is 5.26. The van der Waals surface area contributed by atoms with Gasteiger partial charge in [-0.3, -0.25) is 9.59 Å².